The predicted octanol–water partition coefficient (Wildman–Crippen LogP) is 2.67. The second kappa shape index (κ2) is 5.48. The van der Waals surface area contributed by atoms with Gasteiger partial charge in [0.15, 0.2) is 0 Å². The first-order valence-electron chi connectivity index (χ1n) is 7.23. The van der Waals surface area contributed by atoms with Crippen molar-refractivity contribution in [2.24, 2.45) is 5.73 Å². The molecule has 1 aromatic carbocycles. The second-order valence-corrected chi connectivity index (χ2v) is 6.52. The lowest BCUT2D eigenvalue weighted by Gasteiger charge is -2.32. The van der Waals surface area contributed by atoms with Crippen LogP contribution in [0.4, 0.5) is 0 Å². The Morgan fingerprint density at radius 1 is 1.24 bits per heavy atom. The van der Waals surface area contributed by atoms with E-state index in [0.717, 1.165) is 16.6 Å². The van der Waals surface area contributed by atoms with Crippen LogP contribution in [-0.2, 0) is 9.31 Å². The predicted molar refractivity (Wildman–Crippen MR) is 86.0 cm³/mol. The highest BCUT2D eigenvalue weighted by Gasteiger charge is 2.52. The van der Waals surface area contributed by atoms with E-state index in [4.69, 9.17) is 15.0 Å². The van der Waals surface area contributed by atoms with Gasteiger partial charge in [0.1, 0.15) is 5.75 Å². The lowest BCUT2D eigenvalue weighted by molar-refractivity contribution is 0.00578. The van der Waals surface area contributed by atoms with Gasteiger partial charge in [-0.2, -0.15) is 0 Å². The molecule has 1 fully saturated rings. The normalized spacial score (nSPS) is 20.9. The van der Waals surface area contributed by atoms with Gasteiger partial charge in [-0.1, -0.05) is 18.2 Å². The summed E-state index contributed by atoms with van der Waals surface area (Å²) in [4.78, 5) is 0. The van der Waals surface area contributed by atoms with Gasteiger partial charge in [0, 0.05) is 12.1 Å². The molecule has 1 aliphatic heterocycles. The van der Waals surface area contributed by atoms with Crippen molar-refractivity contribution in [2.45, 2.75) is 45.8 Å². The summed E-state index contributed by atoms with van der Waals surface area (Å²) in [6.07, 6.45) is 1.87. The van der Waals surface area contributed by atoms with Crippen LogP contribution in [0.25, 0.3) is 6.08 Å². The van der Waals surface area contributed by atoms with Crippen LogP contribution in [-0.4, -0.2) is 30.0 Å². The van der Waals surface area contributed by atoms with Crippen LogP contribution in [0.2, 0.25) is 0 Å². The number of hydrogen-bond acceptors (Lipinski definition) is 4. The van der Waals surface area contributed by atoms with E-state index >= 15 is 0 Å². The van der Waals surface area contributed by atoms with E-state index in [1.54, 1.807) is 6.07 Å². The van der Waals surface area contributed by atoms with E-state index in [1.807, 2.05) is 52.8 Å². The highest BCUT2D eigenvalue weighted by molar-refractivity contribution is 6.56. The summed E-state index contributed by atoms with van der Waals surface area (Å²) in [6.45, 7) is 10.3. The summed E-state index contributed by atoms with van der Waals surface area (Å²) in [7, 11) is -0.487. The quantitative estimate of drug-likeness (QED) is 0.840. The minimum Gasteiger partial charge on any atom is -0.507 e. The molecular weight excluding hydrogens is 265 g/mol. The number of nitrogens with two attached hydrogens (primary N) is 1. The van der Waals surface area contributed by atoms with E-state index in [0.29, 0.717) is 6.54 Å². The maximum Gasteiger partial charge on any atom is 0.491 e. The number of phenols is 1. The zero-order chi connectivity index (χ0) is 15.8. The van der Waals surface area contributed by atoms with Crippen LogP contribution in [0.3, 0.4) is 0 Å². The third kappa shape index (κ3) is 3.00. The molecule has 21 heavy (non-hydrogen) atoms. The van der Waals surface area contributed by atoms with Gasteiger partial charge in [-0.15, -0.1) is 0 Å². The van der Waals surface area contributed by atoms with E-state index in [2.05, 4.69) is 0 Å². The van der Waals surface area contributed by atoms with Crippen molar-refractivity contribution in [3.05, 3.63) is 34.8 Å². The Bertz CT molecular complexity index is 530. The van der Waals surface area contributed by atoms with Gasteiger partial charge in [0.05, 0.1) is 11.2 Å². The van der Waals surface area contributed by atoms with Gasteiger partial charge in [0.25, 0.3) is 0 Å². The number of aromatic hydroxyl groups is 1. The monoisotopic (exact) mass is 289 g/mol. The number of benzene rings is 1. The Morgan fingerprint density at radius 2 is 1.81 bits per heavy atom. The number of rotatable bonds is 3. The van der Waals surface area contributed by atoms with E-state index < -0.39 is 18.3 Å². The molecule has 0 bridgehead atoms. The van der Waals surface area contributed by atoms with Crippen molar-refractivity contribution in [3.8, 4) is 5.75 Å². The van der Waals surface area contributed by atoms with Crippen LogP contribution in [0.1, 0.15) is 38.8 Å². The van der Waals surface area contributed by atoms with Crippen LogP contribution < -0.4 is 5.73 Å². The summed E-state index contributed by atoms with van der Waals surface area (Å²) >= 11 is 0. The fourth-order valence-electron chi connectivity index (χ4n) is 2.26. The average Bonchev–Trinajstić information content (AvgIpc) is 2.58. The van der Waals surface area contributed by atoms with Crippen molar-refractivity contribution in [1.82, 2.24) is 0 Å². The maximum atomic E-state index is 10.0. The molecule has 1 heterocycles. The zero-order valence-electron chi connectivity index (χ0n) is 13.4. The Labute approximate surface area is 127 Å². The van der Waals surface area contributed by atoms with Gasteiger partial charge in [-0.25, -0.2) is 0 Å². The molecule has 0 amide bonds. The highest BCUT2D eigenvalue weighted by atomic mass is 16.7. The summed E-state index contributed by atoms with van der Waals surface area (Å²) in [5.74, 6) is 0.234. The van der Waals surface area contributed by atoms with Gasteiger partial charge in [-0.05, 0) is 51.7 Å². The van der Waals surface area contributed by atoms with Crippen LogP contribution in [0.15, 0.2) is 23.7 Å². The van der Waals surface area contributed by atoms with Crippen LogP contribution >= 0.6 is 0 Å². The molecule has 0 spiro atoms. The SMILES string of the molecule is Cc1cccc(O)c1C=C(CN)B1OC(C)(C)C(C)(C)O1. The van der Waals surface area contributed by atoms with Crippen molar-refractivity contribution < 1.29 is 14.4 Å². The number of phenolic OH excluding ortho intramolecular Hbond substituents is 1. The Kier molecular flexibility index (Phi) is 4.20. The lowest BCUT2D eigenvalue weighted by Crippen LogP contribution is -2.41. The van der Waals surface area contributed by atoms with Gasteiger partial charge < -0.3 is 20.1 Å². The lowest BCUT2D eigenvalue weighted by atomic mass is 9.76. The minimum atomic E-state index is -0.487. The van der Waals surface area contributed by atoms with Crippen molar-refractivity contribution in [3.63, 3.8) is 0 Å². The first-order valence-corrected chi connectivity index (χ1v) is 7.23. The molecule has 0 aliphatic carbocycles. The van der Waals surface area contributed by atoms with Crippen LogP contribution in [0.5, 0.6) is 5.75 Å². The van der Waals surface area contributed by atoms with E-state index in [1.165, 1.54) is 0 Å². The fourth-order valence-corrected chi connectivity index (χ4v) is 2.26. The average molecular weight is 289 g/mol. The molecule has 3 N–H and O–H groups in total. The summed E-state index contributed by atoms with van der Waals surface area (Å²) in [6, 6.07) is 5.43. The molecule has 5 heteroatoms. The topological polar surface area (TPSA) is 64.7 Å². The molecule has 114 valence electrons. The Hall–Kier alpha value is -1.30. The summed E-state index contributed by atoms with van der Waals surface area (Å²) < 4.78 is 12.0. The third-order valence-electron chi connectivity index (χ3n) is 4.42. The number of hydrogen-bond donors (Lipinski definition) is 2. The maximum absolute atomic E-state index is 10.0. The first-order chi connectivity index (χ1) is 9.68. The van der Waals surface area contributed by atoms with Gasteiger partial charge >= 0.3 is 7.12 Å². The number of aryl methyl sites for hydroxylation is 1. The van der Waals surface area contributed by atoms with E-state index in [-0.39, 0.29) is 5.75 Å². The summed E-state index contributed by atoms with van der Waals surface area (Å²) in [5, 5.41) is 10.0. The fraction of sp³-hybridized carbons (Fsp3) is 0.500. The summed E-state index contributed by atoms with van der Waals surface area (Å²) in [5.41, 5.74) is 7.62. The highest BCUT2D eigenvalue weighted by Crippen LogP contribution is 2.39. The van der Waals surface area contributed by atoms with Crippen LogP contribution in [0, 0.1) is 6.92 Å². The standard InChI is InChI=1S/C16H24BNO3/c1-11-7-6-8-14(19)13(11)9-12(10-18)17-20-15(2,3)16(4,5)21-17/h6-9,19H,10,18H2,1-5H3. The molecule has 0 aromatic heterocycles. The molecule has 0 atom stereocenters. The Balaban J connectivity index is 2.36. The smallest absolute Gasteiger partial charge is 0.491 e. The largest absolute Gasteiger partial charge is 0.507 e. The van der Waals surface area contributed by atoms with Crippen molar-refractivity contribution >= 4 is 13.2 Å². The Morgan fingerprint density at radius 3 is 2.29 bits per heavy atom. The zero-order valence-corrected chi connectivity index (χ0v) is 13.4. The van der Waals surface area contributed by atoms with Gasteiger partial charge in [0.2, 0.25) is 0 Å². The molecule has 1 aliphatic rings. The van der Waals surface area contributed by atoms with Crippen molar-refractivity contribution in [1.29, 1.82) is 0 Å². The van der Waals surface area contributed by atoms with Crippen molar-refractivity contribution in [2.75, 3.05) is 6.54 Å². The molecule has 0 saturated carbocycles. The first kappa shape index (κ1) is 16.1. The molecule has 1 saturated heterocycles. The minimum absolute atomic E-state index is 0.234. The van der Waals surface area contributed by atoms with E-state index in [9.17, 15) is 5.11 Å². The molecule has 2 rings (SSSR count). The van der Waals surface area contributed by atoms with Gasteiger partial charge in [-0.3, -0.25) is 0 Å². The molecule has 0 unspecified atom stereocenters. The second-order valence-electron chi connectivity index (χ2n) is 6.52. The molecular formula is C16H24BNO3. The molecule has 1 aromatic rings. The third-order valence-corrected chi connectivity index (χ3v) is 4.42. The molecule has 0 radical (unpaired) electrons. The molecule has 4 nitrogen and oxygen atoms in total.